The van der Waals surface area contributed by atoms with E-state index in [4.69, 9.17) is 16.3 Å². The first-order chi connectivity index (χ1) is 13.0. The summed E-state index contributed by atoms with van der Waals surface area (Å²) in [6, 6.07) is 13.6. The molecule has 7 heteroatoms. The number of H-pyrrole nitrogens is 1. The van der Waals surface area contributed by atoms with E-state index in [1.54, 1.807) is 49.6 Å². The predicted octanol–water partition coefficient (Wildman–Crippen LogP) is 2.82. The number of hydrogen-bond donors (Lipinski definition) is 2. The third kappa shape index (κ3) is 4.30. The van der Waals surface area contributed by atoms with E-state index >= 15 is 0 Å². The normalized spacial score (nSPS) is 10.8. The van der Waals surface area contributed by atoms with Gasteiger partial charge in [-0.05, 0) is 42.5 Å². The van der Waals surface area contributed by atoms with Crippen LogP contribution in [0.15, 0.2) is 53.3 Å². The van der Waals surface area contributed by atoms with E-state index < -0.39 is 0 Å². The Kier molecular flexibility index (Phi) is 5.78. The zero-order valence-electron chi connectivity index (χ0n) is 14.7. The molecule has 27 heavy (non-hydrogen) atoms. The van der Waals surface area contributed by atoms with Crippen molar-refractivity contribution in [1.29, 1.82) is 0 Å². The molecule has 0 radical (unpaired) electrons. The molecule has 1 heterocycles. The second kappa shape index (κ2) is 8.24. The van der Waals surface area contributed by atoms with Gasteiger partial charge in [0.15, 0.2) is 0 Å². The molecule has 0 saturated heterocycles. The summed E-state index contributed by atoms with van der Waals surface area (Å²) < 4.78 is 5.22. The van der Waals surface area contributed by atoms with Crippen LogP contribution in [0.3, 0.4) is 0 Å². The number of benzene rings is 2. The SMILES string of the molecule is COc1ccc2[nH]c(=O)c(CN(CCO)C(=O)c3cccc(Cl)c3)cc2c1. The zero-order chi connectivity index (χ0) is 19.4. The molecular formula is C20H19ClN2O4. The van der Waals surface area contributed by atoms with E-state index in [1.165, 1.54) is 4.90 Å². The maximum absolute atomic E-state index is 12.8. The highest BCUT2D eigenvalue weighted by atomic mass is 35.5. The predicted molar refractivity (Wildman–Crippen MR) is 104 cm³/mol. The average Bonchev–Trinajstić information content (AvgIpc) is 2.67. The Morgan fingerprint density at radius 3 is 2.74 bits per heavy atom. The fourth-order valence-electron chi connectivity index (χ4n) is 2.86. The van der Waals surface area contributed by atoms with Gasteiger partial charge in [-0.15, -0.1) is 0 Å². The number of aromatic amines is 1. The van der Waals surface area contributed by atoms with Crippen molar-refractivity contribution in [2.75, 3.05) is 20.3 Å². The van der Waals surface area contributed by atoms with Gasteiger partial charge >= 0.3 is 0 Å². The number of ether oxygens (including phenoxy) is 1. The van der Waals surface area contributed by atoms with Crippen LogP contribution in [0.25, 0.3) is 10.9 Å². The van der Waals surface area contributed by atoms with Gasteiger partial charge in [-0.2, -0.15) is 0 Å². The summed E-state index contributed by atoms with van der Waals surface area (Å²) in [5.74, 6) is 0.361. The molecule has 0 atom stereocenters. The number of rotatable bonds is 6. The van der Waals surface area contributed by atoms with Gasteiger partial charge in [0.25, 0.3) is 11.5 Å². The number of aromatic nitrogens is 1. The van der Waals surface area contributed by atoms with Gasteiger partial charge in [0.05, 0.1) is 20.3 Å². The van der Waals surface area contributed by atoms with Crippen LogP contribution in [0.5, 0.6) is 5.75 Å². The highest BCUT2D eigenvalue weighted by Gasteiger charge is 2.18. The molecule has 0 fully saturated rings. The van der Waals surface area contributed by atoms with Gasteiger partial charge in [-0.25, -0.2) is 0 Å². The lowest BCUT2D eigenvalue weighted by Gasteiger charge is -2.22. The fourth-order valence-corrected chi connectivity index (χ4v) is 3.05. The number of carbonyl (C=O) groups excluding carboxylic acids is 1. The molecule has 0 saturated carbocycles. The van der Waals surface area contributed by atoms with Crippen LogP contribution in [-0.4, -0.2) is 41.2 Å². The molecule has 1 amide bonds. The molecule has 3 rings (SSSR count). The first-order valence-electron chi connectivity index (χ1n) is 8.37. The van der Waals surface area contributed by atoms with E-state index in [0.717, 1.165) is 5.39 Å². The molecule has 6 nitrogen and oxygen atoms in total. The molecule has 3 aromatic rings. The van der Waals surface area contributed by atoms with E-state index in [0.29, 0.717) is 27.4 Å². The monoisotopic (exact) mass is 386 g/mol. The highest BCUT2D eigenvalue weighted by molar-refractivity contribution is 6.30. The number of nitrogens with one attached hydrogen (secondary N) is 1. The van der Waals surface area contributed by atoms with Crippen LogP contribution >= 0.6 is 11.6 Å². The van der Waals surface area contributed by atoms with Crippen molar-refractivity contribution in [3.05, 3.63) is 75.0 Å². The van der Waals surface area contributed by atoms with Crippen molar-refractivity contribution in [2.45, 2.75) is 6.54 Å². The lowest BCUT2D eigenvalue weighted by Crippen LogP contribution is -2.35. The molecular weight excluding hydrogens is 368 g/mol. The van der Waals surface area contributed by atoms with Gasteiger partial charge in [-0.3, -0.25) is 9.59 Å². The van der Waals surface area contributed by atoms with Crippen molar-refractivity contribution in [1.82, 2.24) is 9.88 Å². The van der Waals surface area contributed by atoms with Crippen LogP contribution in [0.2, 0.25) is 5.02 Å². The number of nitrogens with zero attached hydrogens (tertiary/aromatic N) is 1. The molecule has 2 N–H and O–H groups in total. The number of carbonyl (C=O) groups is 1. The summed E-state index contributed by atoms with van der Waals surface area (Å²) in [5, 5.41) is 10.6. The third-order valence-corrected chi connectivity index (χ3v) is 4.45. The Balaban J connectivity index is 1.95. The van der Waals surface area contributed by atoms with E-state index in [-0.39, 0.29) is 31.2 Å². The van der Waals surface area contributed by atoms with Gasteiger partial charge in [0.2, 0.25) is 0 Å². The maximum atomic E-state index is 12.8. The Morgan fingerprint density at radius 1 is 1.22 bits per heavy atom. The molecule has 0 unspecified atom stereocenters. The summed E-state index contributed by atoms with van der Waals surface area (Å²) in [6.45, 7) is -0.0546. The van der Waals surface area contributed by atoms with Gasteiger partial charge in [0.1, 0.15) is 5.75 Å². The number of halogens is 1. The first kappa shape index (κ1) is 18.9. The number of amides is 1. The summed E-state index contributed by atoms with van der Waals surface area (Å²) in [4.78, 5) is 29.5. The summed E-state index contributed by atoms with van der Waals surface area (Å²) in [7, 11) is 1.57. The number of methoxy groups -OCH3 is 1. The van der Waals surface area contributed by atoms with Crippen molar-refractivity contribution in [2.24, 2.45) is 0 Å². The number of aliphatic hydroxyl groups excluding tert-OH is 1. The molecule has 1 aromatic heterocycles. The minimum absolute atomic E-state index is 0.0639. The largest absolute Gasteiger partial charge is 0.497 e. The molecule has 0 aliphatic carbocycles. The number of hydrogen-bond acceptors (Lipinski definition) is 4. The Morgan fingerprint density at radius 2 is 2.04 bits per heavy atom. The highest BCUT2D eigenvalue weighted by Crippen LogP contribution is 2.20. The zero-order valence-corrected chi connectivity index (χ0v) is 15.5. The Bertz CT molecular complexity index is 1030. The summed E-state index contributed by atoms with van der Waals surface area (Å²) in [5.41, 5.74) is 1.21. The lowest BCUT2D eigenvalue weighted by molar-refractivity contribution is 0.0707. The second-order valence-corrected chi connectivity index (χ2v) is 6.47. The Labute approximate surface area is 161 Å². The van der Waals surface area contributed by atoms with Crippen LogP contribution in [0.4, 0.5) is 0 Å². The van der Waals surface area contributed by atoms with Crippen LogP contribution in [0.1, 0.15) is 15.9 Å². The van der Waals surface area contributed by atoms with Gasteiger partial charge in [-0.1, -0.05) is 17.7 Å². The van der Waals surface area contributed by atoms with Crippen LogP contribution in [0, 0.1) is 0 Å². The smallest absolute Gasteiger partial charge is 0.254 e. The van der Waals surface area contributed by atoms with Crippen molar-refractivity contribution < 1.29 is 14.6 Å². The molecule has 0 aliphatic heterocycles. The van der Waals surface area contributed by atoms with E-state index in [2.05, 4.69) is 4.98 Å². The minimum atomic E-state index is -0.309. The van der Waals surface area contributed by atoms with Crippen molar-refractivity contribution in [3.63, 3.8) is 0 Å². The number of fused-ring (bicyclic) bond motifs is 1. The molecule has 140 valence electrons. The van der Waals surface area contributed by atoms with E-state index in [1.807, 2.05) is 6.07 Å². The Hall–Kier alpha value is -2.83. The van der Waals surface area contributed by atoms with Crippen LogP contribution < -0.4 is 10.3 Å². The standard InChI is InChI=1S/C20H19ClN2O4/c1-27-17-5-6-18-14(11-17)9-15(19(25)22-18)12-23(7-8-24)20(26)13-3-2-4-16(21)10-13/h2-6,9-11,24H,7-8,12H2,1H3,(H,22,25). The second-order valence-electron chi connectivity index (χ2n) is 6.04. The van der Waals surface area contributed by atoms with Crippen molar-refractivity contribution in [3.8, 4) is 5.75 Å². The van der Waals surface area contributed by atoms with Crippen molar-refractivity contribution >= 4 is 28.4 Å². The van der Waals surface area contributed by atoms with Gasteiger partial charge < -0.3 is 19.7 Å². The topological polar surface area (TPSA) is 82.6 Å². The first-order valence-corrected chi connectivity index (χ1v) is 8.75. The average molecular weight is 387 g/mol. The maximum Gasteiger partial charge on any atom is 0.254 e. The van der Waals surface area contributed by atoms with Crippen LogP contribution in [-0.2, 0) is 6.54 Å². The number of pyridine rings is 1. The molecule has 0 bridgehead atoms. The number of aliphatic hydroxyl groups is 1. The van der Waals surface area contributed by atoms with E-state index in [9.17, 15) is 14.7 Å². The summed E-state index contributed by atoms with van der Waals surface area (Å²) >= 11 is 5.96. The quantitative estimate of drug-likeness (QED) is 0.682. The fraction of sp³-hybridized carbons (Fsp3) is 0.200. The van der Waals surface area contributed by atoms with Gasteiger partial charge in [0, 0.05) is 33.6 Å². The lowest BCUT2D eigenvalue weighted by atomic mass is 10.1. The minimum Gasteiger partial charge on any atom is -0.497 e. The third-order valence-electron chi connectivity index (χ3n) is 4.22. The molecule has 2 aromatic carbocycles. The summed E-state index contributed by atoms with van der Waals surface area (Å²) in [6.07, 6.45) is 0. The molecule has 0 aliphatic rings. The molecule has 0 spiro atoms.